The Morgan fingerprint density at radius 3 is 2.53 bits per heavy atom. The molecule has 17 heavy (non-hydrogen) atoms. The van der Waals surface area contributed by atoms with Gasteiger partial charge in [-0.05, 0) is 25.1 Å². The van der Waals surface area contributed by atoms with Gasteiger partial charge in [0.1, 0.15) is 5.82 Å². The van der Waals surface area contributed by atoms with Gasteiger partial charge < -0.3 is 5.32 Å². The second-order valence-corrected chi connectivity index (χ2v) is 6.91. The van der Waals surface area contributed by atoms with Gasteiger partial charge >= 0.3 is 0 Å². The zero-order chi connectivity index (χ0) is 13.2. The number of halogens is 2. The van der Waals surface area contributed by atoms with Crippen molar-refractivity contribution in [1.29, 1.82) is 0 Å². The van der Waals surface area contributed by atoms with Crippen molar-refractivity contribution in [3.8, 4) is 0 Å². The first-order chi connectivity index (χ1) is 7.71. The van der Waals surface area contributed by atoms with Crippen LogP contribution in [0.3, 0.4) is 0 Å². The lowest BCUT2D eigenvalue weighted by Gasteiger charge is -2.09. The molecule has 0 fully saturated rings. The number of hydrogen-bond donors (Lipinski definition) is 1. The van der Waals surface area contributed by atoms with Crippen molar-refractivity contribution in [2.45, 2.75) is 16.6 Å². The van der Waals surface area contributed by atoms with Gasteiger partial charge in [0.05, 0.1) is 15.4 Å². The van der Waals surface area contributed by atoms with Gasteiger partial charge in [-0.1, -0.05) is 15.9 Å². The summed E-state index contributed by atoms with van der Waals surface area (Å²) in [6, 6.07) is 3.25. The van der Waals surface area contributed by atoms with Gasteiger partial charge in [0.15, 0.2) is 9.84 Å². The summed E-state index contributed by atoms with van der Waals surface area (Å²) in [4.78, 5) is 10.8. The molecule has 1 atom stereocenters. The summed E-state index contributed by atoms with van der Waals surface area (Å²) in [5, 5.41) is 2.30. The van der Waals surface area contributed by atoms with Gasteiger partial charge in [0.2, 0.25) is 5.91 Å². The van der Waals surface area contributed by atoms with Crippen molar-refractivity contribution < 1.29 is 17.6 Å². The maximum Gasteiger partial charge on any atom is 0.237 e. The second kappa shape index (κ2) is 5.14. The summed E-state index contributed by atoms with van der Waals surface area (Å²) < 4.78 is 35.9. The van der Waals surface area contributed by atoms with Crippen LogP contribution in [0.2, 0.25) is 0 Å². The molecular weight excluding hydrogens is 313 g/mol. The SMILES string of the molecule is CC(Br)C(=O)Nc1cc(S(C)(=O)=O)ccc1F. The Morgan fingerprint density at radius 2 is 2.06 bits per heavy atom. The van der Waals surface area contributed by atoms with Crippen LogP contribution in [0.15, 0.2) is 23.1 Å². The normalized spacial score (nSPS) is 13.2. The first kappa shape index (κ1) is 14.1. The number of alkyl halides is 1. The minimum Gasteiger partial charge on any atom is -0.323 e. The maximum absolute atomic E-state index is 13.4. The first-order valence-electron chi connectivity index (χ1n) is 4.66. The third-order valence-electron chi connectivity index (χ3n) is 1.99. The topological polar surface area (TPSA) is 63.2 Å². The molecule has 1 unspecified atom stereocenters. The molecule has 94 valence electrons. The highest BCUT2D eigenvalue weighted by atomic mass is 79.9. The van der Waals surface area contributed by atoms with E-state index < -0.39 is 26.4 Å². The highest BCUT2D eigenvalue weighted by molar-refractivity contribution is 9.10. The number of hydrogen-bond acceptors (Lipinski definition) is 3. The highest BCUT2D eigenvalue weighted by Gasteiger charge is 2.15. The Balaban J connectivity index is 3.12. The van der Waals surface area contributed by atoms with E-state index in [1.165, 1.54) is 0 Å². The van der Waals surface area contributed by atoms with E-state index in [9.17, 15) is 17.6 Å². The lowest BCUT2D eigenvalue weighted by atomic mass is 10.3. The van der Waals surface area contributed by atoms with Crippen LogP contribution in [0, 0.1) is 5.82 Å². The van der Waals surface area contributed by atoms with Gasteiger partial charge in [0, 0.05) is 6.26 Å². The van der Waals surface area contributed by atoms with Gasteiger partial charge in [-0.25, -0.2) is 12.8 Å². The fraction of sp³-hybridized carbons (Fsp3) is 0.300. The molecule has 0 spiro atoms. The minimum absolute atomic E-state index is 0.0450. The van der Waals surface area contributed by atoms with E-state index in [1.807, 2.05) is 0 Å². The molecule has 0 heterocycles. The van der Waals surface area contributed by atoms with E-state index in [4.69, 9.17) is 0 Å². The van der Waals surface area contributed by atoms with E-state index in [2.05, 4.69) is 21.2 Å². The molecule has 0 radical (unpaired) electrons. The molecule has 7 heteroatoms. The predicted octanol–water partition coefficient (Wildman–Crippen LogP) is 1.95. The van der Waals surface area contributed by atoms with Gasteiger partial charge in [0.25, 0.3) is 0 Å². The van der Waals surface area contributed by atoms with Gasteiger partial charge in [-0.2, -0.15) is 0 Å². The summed E-state index contributed by atoms with van der Waals surface area (Å²) in [7, 11) is -3.43. The second-order valence-electron chi connectivity index (χ2n) is 3.52. The number of nitrogens with one attached hydrogen (secondary N) is 1. The quantitative estimate of drug-likeness (QED) is 0.683. The minimum atomic E-state index is -3.43. The van der Waals surface area contributed by atoms with Crippen molar-refractivity contribution in [3.05, 3.63) is 24.0 Å². The summed E-state index contributed by atoms with van der Waals surface area (Å²) in [6.07, 6.45) is 1.01. The standard InChI is InChI=1S/C10H11BrFNO3S/c1-6(11)10(14)13-9-5-7(17(2,15)16)3-4-8(9)12/h3-6H,1-2H3,(H,13,14). The molecule has 1 aromatic rings. The van der Waals surface area contributed by atoms with Crippen LogP contribution in [-0.4, -0.2) is 25.4 Å². The Hall–Kier alpha value is -0.950. The predicted molar refractivity (Wildman–Crippen MR) is 66.5 cm³/mol. The Bertz CT molecular complexity index is 542. The molecule has 0 aliphatic heterocycles. The van der Waals surface area contributed by atoms with Crippen LogP contribution >= 0.6 is 15.9 Å². The number of anilines is 1. The molecule has 0 saturated heterocycles. The van der Waals surface area contributed by atoms with Gasteiger partial charge in [-0.3, -0.25) is 4.79 Å². The fourth-order valence-electron chi connectivity index (χ4n) is 1.06. The number of amides is 1. The molecule has 1 N–H and O–H groups in total. The number of benzene rings is 1. The monoisotopic (exact) mass is 323 g/mol. The van der Waals surface area contributed by atoms with Crippen molar-refractivity contribution in [2.75, 3.05) is 11.6 Å². The number of sulfone groups is 1. The van der Waals surface area contributed by atoms with Crippen molar-refractivity contribution in [3.63, 3.8) is 0 Å². The molecule has 1 rings (SSSR count). The summed E-state index contributed by atoms with van der Waals surface area (Å²) in [6.45, 7) is 1.58. The third kappa shape index (κ3) is 3.78. The Kier molecular flexibility index (Phi) is 4.26. The maximum atomic E-state index is 13.4. The average Bonchev–Trinajstić information content (AvgIpc) is 2.19. The number of rotatable bonds is 3. The van der Waals surface area contributed by atoms with Crippen molar-refractivity contribution in [1.82, 2.24) is 0 Å². The van der Waals surface area contributed by atoms with Crippen molar-refractivity contribution in [2.24, 2.45) is 0 Å². The highest BCUT2D eigenvalue weighted by Crippen LogP contribution is 2.20. The van der Waals surface area contributed by atoms with Crippen molar-refractivity contribution >= 4 is 37.4 Å². The molecule has 0 aromatic heterocycles. The molecular formula is C10H11BrFNO3S. The largest absolute Gasteiger partial charge is 0.323 e. The van der Waals surface area contributed by atoms with Crippen LogP contribution in [0.5, 0.6) is 0 Å². The molecule has 0 aliphatic rings. The van der Waals surface area contributed by atoms with E-state index in [0.717, 1.165) is 24.5 Å². The van der Waals surface area contributed by atoms with E-state index in [0.29, 0.717) is 0 Å². The summed E-state index contributed by atoms with van der Waals surface area (Å²) in [5.41, 5.74) is -0.149. The molecule has 0 aliphatic carbocycles. The van der Waals surface area contributed by atoms with Crippen LogP contribution < -0.4 is 5.32 Å². The smallest absolute Gasteiger partial charge is 0.237 e. The van der Waals surface area contributed by atoms with Gasteiger partial charge in [-0.15, -0.1) is 0 Å². The van der Waals surface area contributed by atoms with E-state index >= 15 is 0 Å². The lowest BCUT2D eigenvalue weighted by Crippen LogP contribution is -2.20. The molecule has 1 aromatic carbocycles. The zero-order valence-electron chi connectivity index (χ0n) is 9.20. The Labute approximate surface area is 107 Å². The van der Waals surface area contributed by atoms with Crippen LogP contribution in [0.4, 0.5) is 10.1 Å². The lowest BCUT2D eigenvalue weighted by molar-refractivity contribution is -0.115. The fourth-order valence-corrected chi connectivity index (χ4v) is 1.82. The molecule has 4 nitrogen and oxygen atoms in total. The number of carbonyl (C=O) groups is 1. The summed E-state index contributed by atoms with van der Waals surface area (Å²) in [5.74, 6) is -1.13. The molecule has 0 saturated carbocycles. The van der Waals surface area contributed by atoms with Crippen LogP contribution in [-0.2, 0) is 14.6 Å². The van der Waals surface area contributed by atoms with E-state index in [-0.39, 0.29) is 10.6 Å². The Morgan fingerprint density at radius 1 is 1.47 bits per heavy atom. The van der Waals surface area contributed by atoms with Crippen LogP contribution in [0.25, 0.3) is 0 Å². The first-order valence-corrected chi connectivity index (χ1v) is 7.47. The summed E-state index contributed by atoms with van der Waals surface area (Å²) >= 11 is 3.03. The molecule has 1 amide bonds. The van der Waals surface area contributed by atoms with E-state index in [1.54, 1.807) is 6.92 Å². The number of carbonyl (C=O) groups excluding carboxylic acids is 1. The third-order valence-corrected chi connectivity index (χ3v) is 3.51. The van der Waals surface area contributed by atoms with Crippen LogP contribution in [0.1, 0.15) is 6.92 Å². The molecule has 0 bridgehead atoms. The zero-order valence-corrected chi connectivity index (χ0v) is 11.6. The average molecular weight is 324 g/mol.